The van der Waals surface area contributed by atoms with Crippen molar-refractivity contribution in [3.63, 3.8) is 0 Å². The molecule has 1 aliphatic heterocycles. The molecule has 0 unspecified atom stereocenters. The number of anilines is 1. The molecule has 1 saturated heterocycles. The number of halogens is 1. The number of likely N-dealkylation sites (N-methyl/N-ethyl adjacent to an activating group) is 1. The Morgan fingerprint density at radius 2 is 1.87 bits per heavy atom. The van der Waals surface area contributed by atoms with E-state index in [1.54, 1.807) is 0 Å². The summed E-state index contributed by atoms with van der Waals surface area (Å²) < 4.78 is 17.1. The first-order valence-corrected chi connectivity index (χ1v) is 13.3. The highest BCUT2D eigenvalue weighted by molar-refractivity contribution is 5.94. The molecule has 1 aromatic carbocycles. The van der Waals surface area contributed by atoms with Crippen molar-refractivity contribution in [3.8, 4) is 11.3 Å². The molecule has 8 nitrogen and oxygen atoms in total. The first kappa shape index (κ1) is 27.6. The van der Waals surface area contributed by atoms with E-state index in [0.717, 1.165) is 61.7 Å². The molecule has 0 aliphatic carbocycles. The molecule has 1 aliphatic rings. The minimum absolute atomic E-state index is 0.159. The second kappa shape index (κ2) is 12.0. The maximum absolute atomic E-state index is 15.1. The van der Waals surface area contributed by atoms with E-state index in [1.165, 1.54) is 12.4 Å². The molecule has 9 heteroatoms. The molecule has 3 heterocycles. The van der Waals surface area contributed by atoms with Crippen molar-refractivity contribution in [2.75, 3.05) is 44.6 Å². The molecular formula is C29H39FN8. The average Bonchev–Trinajstić information content (AvgIpc) is 3.24. The normalized spacial score (nSPS) is 16.0. The largest absolute Gasteiger partial charge is 0.328 e. The van der Waals surface area contributed by atoms with Gasteiger partial charge in [0.2, 0.25) is 0 Å². The van der Waals surface area contributed by atoms with E-state index in [2.05, 4.69) is 62.4 Å². The van der Waals surface area contributed by atoms with E-state index in [1.807, 2.05) is 43.7 Å². The van der Waals surface area contributed by atoms with Crippen LogP contribution in [0.3, 0.4) is 0 Å². The number of amidine groups is 1. The zero-order chi connectivity index (χ0) is 27.4. The molecule has 4 rings (SSSR count). The second-order valence-electron chi connectivity index (χ2n) is 10.1. The number of aliphatic imine (C=N–C) groups is 1. The number of nitrogens with one attached hydrogen (secondary N) is 1. The maximum Gasteiger partial charge on any atom is 0.151 e. The van der Waals surface area contributed by atoms with Crippen molar-refractivity contribution in [3.05, 3.63) is 60.1 Å². The van der Waals surface area contributed by atoms with E-state index in [9.17, 15) is 0 Å². The van der Waals surface area contributed by atoms with Gasteiger partial charge in [-0.2, -0.15) is 0 Å². The Labute approximate surface area is 225 Å². The molecule has 1 fully saturated rings. The first-order chi connectivity index (χ1) is 18.2. The highest BCUT2D eigenvalue weighted by atomic mass is 19.1. The maximum atomic E-state index is 15.1. The number of hydrogen-bond donors (Lipinski definition) is 1. The third-order valence-corrected chi connectivity index (χ3v) is 7.10. The Morgan fingerprint density at radius 3 is 2.53 bits per heavy atom. The molecule has 2 aromatic heterocycles. The van der Waals surface area contributed by atoms with E-state index >= 15 is 4.39 Å². The van der Waals surface area contributed by atoms with Crippen molar-refractivity contribution in [2.45, 2.75) is 47.6 Å². The lowest BCUT2D eigenvalue weighted by molar-refractivity contribution is 0.146. The van der Waals surface area contributed by atoms with Gasteiger partial charge in [0.05, 0.1) is 11.2 Å². The Balaban J connectivity index is 1.54. The van der Waals surface area contributed by atoms with Crippen LogP contribution in [-0.4, -0.2) is 74.4 Å². The minimum atomic E-state index is -0.358. The topological polar surface area (TPSA) is 74.5 Å². The third kappa shape index (κ3) is 6.00. The Bertz CT molecular complexity index is 1360. The zero-order valence-electron chi connectivity index (χ0n) is 23.4. The van der Waals surface area contributed by atoms with Crippen LogP contribution >= 0.6 is 0 Å². The number of hydrogen-bond acceptors (Lipinski definition) is 6. The van der Waals surface area contributed by atoms with Gasteiger partial charge in [-0.15, -0.1) is 0 Å². The van der Waals surface area contributed by atoms with Gasteiger partial charge in [-0.25, -0.2) is 24.3 Å². The number of nitrogens with zero attached hydrogens (tertiary/aromatic N) is 7. The van der Waals surface area contributed by atoms with Crippen LogP contribution in [0.2, 0.25) is 0 Å². The van der Waals surface area contributed by atoms with Crippen LogP contribution in [0.15, 0.2) is 47.9 Å². The monoisotopic (exact) mass is 518 g/mol. The van der Waals surface area contributed by atoms with Crippen LogP contribution in [0.5, 0.6) is 0 Å². The van der Waals surface area contributed by atoms with Crippen molar-refractivity contribution >= 4 is 22.7 Å². The molecule has 3 aromatic rings. The Morgan fingerprint density at radius 1 is 1.16 bits per heavy atom. The molecule has 1 N–H and O–H groups in total. The zero-order valence-corrected chi connectivity index (χ0v) is 23.4. The van der Waals surface area contributed by atoms with E-state index < -0.39 is 0 Å². The summed E-state index contributed by atoms with van der Waals surface area (Å²) in [4.78, 5) is 22.9. The van der Waals surface area contributed by atoms with Crippen LogP contribution < -0.4 is 5.32 Å². The standard InChI is InChI=1S/C29H39FN8/c1-8-23(17-37-12-10-36(9-2)11-13-37)16-31-21(6)34-29-20(5)27(32-18-33-29)24-14-25(30)28-26(15-24)38(19(3)4)22(7)35-28/h8,14-16,18-19H,1,9-13,17H2,2-7H3,(H,31,32,33,34)/b23-16+. The molecule has 0 amide bonds. The quantitative estimate of drug-likeness (QED) is 0.246. The molecule has 0 saturated carbocycles. The summed E-state index contributed by atoms with van der Waals surface area (Å²) in [5, 5.41) is 3.29. The van der Waals surface area contributed by atoms with Gasteiger partial charge in [0, 0.05) is 56.1 Å². The van der Waals surface area contributed by atoms with Crippen molar-refractivity contribution in [2.24, 2.45) is 4.99 Å². The fraction of sp³-hybridized carbons (Fsp3) is 0.448. The summed E-state index contributed by atoms with van der Waals surface area (Å²) in [6.07, 6.45) is 5.22. The highest BCUT2D eigenvalue weighted by Crippen LogP contribution is 2.31. The molecule has 0 radical (unpaired) electrons. The number of rotatable bonds is 8. The molecule has 0 bridgehead atoms. The van der Waals surface area contributed by atoms with Gasteiger partial charge >= 0.3 is 0 Å². The minimum Gasteiger partial charge on any atom is -0.328 e. The number of aromatic nitrogens is 4. The van der Waals surface area contributed by atoms with E-state index in [4.69, 9.17) is 0 Å². The second-order valence-corrected chi connectivity index (χ2v) is 10.1. The SMILES string of the molecule is C=C/C(=C\N=C(C)Nc1ncnc(-c2cc(F)c3nc(C)n(C(C)C)c3c2)c1C)CN1CCN(CC)CC1. The highest BCUT2D eigenvalue weighted by Gasteiger charge is 2.18. The lowest BCUT2D eigenvalue weighted by Gasteiger charge is -2.34. The number of piperazine rings is 1. The number of benzene rings is 1. The molecule has 38 heavy (non-hydrogen) atoms. The summed E-state index contributed by atoms with van der Waals surface area (Å²) in [5.41, 5.74) is 4.37. The first-order valence-electron chi connectivity index (χ1n) is 13.3. The van der Waals surface area contributed by atoms with Crippen LogP contribution in [0.25, 0.3) is 22.3 Å². The number of imidazole rings is 1. The third-order valence-electron chi connectivity index (χ3n) is 7.10. The Kier molecular flexibility index (Phi) is 8.69. The van der Waals surface area contributed by atoms with Gasteiger partial charge in [0.1, 0.15) is 29.3 Å². The van der Waals surface area contributed by atoms with Gasteiger partial charge in [-0.1, -0.05) is 19.6 Å². The fourth-order valence-electron chi connectivity index (χ4n) is 4.99. The summed E-state index contributed by atoms with van der Waals surface area (Å²) in [5.74, 6) is 1.76. The van der Waals surface area contributed by atoms with Gasteiger partial charge in [-0.05, 0) is 58.9 Å². The van der Waals surface area contributed by atoms with Crippen molar-refractivity contribution in [1.82, 2.24) is 29.3 Å². The number of aryl methyl sites for hydroxylation is 1. The smallest absolute Gasteiger partial charge is 0.151 e. The molecule has 0 atom stereocenters. The Hall–Kier alpha value is -3.43. The fourth-order valence-corrected chi connectivity index (χ4v) is 4.99. The van der Waals surface area contributed by atoms with Crippen LogP contribution in [0.4, 0.5) is 10.2 Å². The van der Waals surface area contributed by atoms with Gasteiger partial charge in [0.25, 0.3) is 0 Å². The van der Waals surface area contributed by atoms with Crippen LogP contribution in [0, 0.1) is 19.7 Å². The van der Waals surface area contributed by atoms with Gasteiger partial charge in [0.15, 0.2) is 5.82 Å². The predicted octanol–water partition coefficient (Wildman–Crippen LogP) is 5.37. The van der Waals surface area contributed by atoms with Crippen molar-refractivity contribution in [1.29, 1.82) is 0 Å². The molecular weight excluding hydrogens is 479 g/mol. The summed E-state index contributed by atoms with van der Waals surface area (Å²) >= 11 is 0. The predicted molar refractivity (Wildman–Crippen MR) is 154 cm³/mol. The molecule has 0 spiro atoms. The van der Waals surface area contributed by atoms with E-state index in [-0.39, 0.29) is 11.9 Å². The number of fused-ring (bicyclic) bond motifs is 1. The van der Waals surface area contributed by atoms with Crippen LogP contribution in [0.1, 0.15) is 45.1 Å². The summed E-state index contributed by atoms with van der Waals surface area (Å²) in [7, 11) is 0. The summed E-state index contributed by atoms with van der Waals surface area (Å²) in [6, 6.07) is 3.61. The lowest BCUT2D eigenvalue weighted by atomic mass is 10.1. The van der Waals surface area contributed by atoms with Gasteiger partial charge in [-0.3, -0.25) is 4.90 Å². The van der Waals surface area contributed by atoms with E-state index in [0.29, 0.717) is 28.4 Å². The average molecular weight is 519 g/mol. The van der Waals surface area contributed by atoms with Gasteiger partial charge < -0.3 is 14.8 Å². The summed E-state index contributed by atoms with van der Waals surface area (Å²) in [6.45, 7) is 22.3. The lowest BCUT2D eigenvalue weighted by Crippen LogP contribution is -2.46. The molecule has 202 valence electrons. The van der Waals surface area contributed by atoms with Crippen LogP contribution in [-0.2, 0) is 0 Å². The van der Waals surface area contributed by atoms with Crippen molar-refractivity contribution < 1.29 is 4.39 Å².